The molecular weight excluding hydrogens is 358 g/mol. The van der Waals surface area contributed by atoms with Gasteiger partial charge in [0.1, 0.15) is 48.8 Å². The van der Waals surface area contributed by atoms with Crippen molar-refractivity contribution in [3.8, 4) is 0 Å². The molecule has 152 valence electrons. The normalized spacial score (nSPS) is 46.8. The van der Waals surface area contributed by atoms with Gasteiger partial charge in [0, 0.05) is 6.92 Å². The summed E-state index contributed by atoms with van der Waals surface area (Å²) in [6, 6.07) is -1.28. The summed E-state index contributed by atoms with van der Waals surface area (Å²) in [5.41, 5.74) is 0. The van der Waals surface area contributed by atoms with E-state index in [1.807, 2.05) is 0 Å². The molecule has 26 heavy (non-hydrogen) atoms. The molecular formula is C14H25NO11. The van der Waals surface area contributed by atoms with Crippen molar-refractivity contribution in [1.82, 2.24) is 5.32 Å². The second-order valence-corrected chi connectivity index (χ2v) is 6.26. The van der Waals surface area contributed by atoms with E-state index in [-0.39, 0.29) is 0 Å². The molecule has 0 radical (unpaired) electrons. The van der Waals surface area contributed by atoms with Crippen molar-refractivity contribution in [3.63, 3.8) is 0 Å². The van der Waals surface area contributed by atoms with Gasteiger partial charge in [0.25, 0.3) is 0 Å². The standard InChI is InChI=1S/C14H25NO11/c1-4(18)15-7-12(9(20)6(3-17)24-13(7)23)26-14-11(22)10(21)8(19)5(2-16)25-14/h5-14,16-17,19-23H,2-3H2,1H3,(H,15,18)/t5-,6-,7-,8+,9+,10+,11-,12?,13?,14+/m1/s1. The van der Waals surface area contributed by atoms with Gasteiger partial charge in [-0.1, -0.05) is 0 Å². The zero-order chi connectivity index (χ0) is 19.6. The summed E-state index contributed by atoms with van der Waals surface area (Å²) in [5, 5.41) is 70.7. The van der Waals surface area contributed by atoms with Gasteiger partial charge in [-0.15, -0.1) is 0 Å². The van der Waals surface area contributed by atoms with Crippen LogP contribution >= 0.6 is 0 Å². The summed E-state index contributed by atoms with van der Waals surface area (Å²) >= 11 is 0. The Bertz CT molecular complexity index is 478. The zero-order valence-electron chi connectivity index (χ0n) is 14.0. The lowest BCUT2D eigenvalue weighted by atomic mass is 9.95. The fourth-order valence-electron chi connectivity index (χ4n) is 2.97. The summed E-state index contributed by atoms with van der Waals surface area (Å²) in [4.78, 5) is 11.4. The van der Waals surface area contributed by atoms with E-state index in [1.54, 1.807) is 0 Å². The molecule has 0 aromatic heterocycles. The molecule has 8 N–H and O–H groups in total. The minimum absolute atomic E-state index is 0.574. The first-order chi connectivity index (χ1) is 12.2. The molecule has 2 heterocycles. The topological polar surface area (TPSA) is 198 Å². The minimum Gasteiger partial charge on any atom is -0.394 e. The van der Waals surface area contributed by atoms with Crippen LogP contribution in [-0.2, 0) is 19.0 Å². The van der Waals surface area contributed by atoms with Gasteiger partial charge in [0.2, 0.25) is 5.91 Å². The third-order valence-corrected chi connectivity index (χ3v) is 4.38. The highest BCUT2D eigenvalue weighted by atomic mass is 16.7. The number of nitrogens with one attached hydrogen (secondary N) is 1. The van der Waals surface area contributed by atoms with Gasteiger partial charge in [-0.2, -0.15) is 0 Å². The summed E-state index contributed by atoms with van der Waals surface area (Å²) in [7, 11) is 0. The van der Waals surface area contributed by atoms with Crippen LogP contribution in [0.5, 0.6) is 0 Å². The molecule has 1 amide bonds. The Labute approximate surface area is 148 Å². The van der Waals surface area contributed by atoms with Crippen molar-refractivity contribution >= 4 is 5.91 Å². The van der Waals surface area contributed by atoms with Crippen LogP contribution in [0.25, 0.3) is 0 Å². The predicted octanol–water partition coefficient (Wildman–Crippen LogP) is -5.25. The second-order valence-electron chi connectivity index (χ2n) is 6.26. The Hall–Kier alpha value is -0.930. The van der Waals surface area contributed by atoms with Crippen LogP contribution in [-0.4, -0.2) is 116 Å². The largest absolute Gasteiger partial charge is 0.394 e. The molecule has 2 rings (SSSR count). The Morgan fingerprint density at radius 2 is 1.50 bits per heavy atom. The Morgan fingerprint density at radius 1 is 0.923 bits per heavy atom. The number of aliphatic hydroxyl groups excluding tert-OH is 7. The summed E-state index contributed by atoms with van der Waals surface area (Å²) in [5.74, 6) is -0.574. The van der Waals surface area contributed by atoms with Crippen molar-refractivity contribution in [2.75, 3.05) is 13.2 Å². The van der Waals surface area contributed by atoms with Crippen LogP contribution in [0.1, 0.15) is 6.92 Å². The first-order valence-corrected chi connectivity index (χ1v) is 8.06. The number of hydrogen-bond donors (Lipinski definition) is 8. The van der Waals surface area contributed by atoms with Gasteiger partial charge in [0.05, 0.1) is 13.2 Å². The number of rotatable bonds is 5. The van der Waals surface area contributed by atoms with Gasteiger partial charge in [-0.3, -0.25) is 4.79 Å². The first-order valence-electron chi connectivity index (χ1n) is 8.06. The molecule has 0 aromatic rings. The predicted molar refractivity (Wildman–Crippen MR) is 80.2 cm³/mol. The Morgan fingerprint density at radius 3 is 2.04 bits per heavy atom. The molecule has 0 aromatic carbocycles. The maximum absolute atomic E-state index is 11.4. The van der Waals surface area contributed by atoms with Crippen molar-refractivity contribution in [2.24, 2.45) is 0 Å². The average molecular weight is 383 g/mol. The quantitative estimate of drug-likeness (QED) is 0.226. The molecule has 12 nitrogen and oxygen atoms in total. The number of hydrogen-bond acceptors (Lipinski definition) is 11. The second kappa shape index (κ2) is 8.84. The average Bonchev–Trinajstić information content (AvgIpc) is 2.60. The van der Waals surface area contributed by atoms with E-state index in [0.717, 1.165) is 6.92 Å². The molecule has 2 aliphatic heterocycles. The lowest BCUT2D eigenvalue weighted by Gasteiger charge is -2.46. The number of ether oxygens (including phenoxy) is 3. The third-order valence-electron chi connectivity index (χ3n) is 4.38. The number of carbonyl (C=O) groups excluding carboxylic acids is 1. The molecule has 0 bridgehead atoms. The highest BCUT2D eigenvalue weighted by molar-refractivity contribution is 5.73. The van der Waals surface area contributed by atoms with Gasteiger partial charge in [-0.05, 0) is 0 Å². The van der Waals surface area contributed by atoms with Crippen molar-refractivity contribution < 1.29 is 54.8 Å². The molecule has 0 saturated carbocycles. The van der Waals surface area contributed by atoms with Crippen molar-refractivity contribution in [3.05, 3.63) is 0 Å². The highest BCUT2D eigenvalue weighted by Gasteiger charge is 2.50. The Kier molecular flexibility index (Phi) is 7.27. The molecule has 0 spiro atoms. The number of carbonyl (C=O) groups is 1. The SMILES string of the molecule is CC(=O)N[C@H]1C(O)O[C@H](CO)[C@H](O)C1O[C@@H]1O[C@H](CO)[C@H](O)[C@H](O)[C@H]1O. The van der Waals surface area contributed by atoms with Crippen molar-refractivity contribution in [2.45, 2.75) is 68.3 Å². The maximum Gasteiger partial charge on any atom is 0.217 e. The zero-order valence-corrected chi connectivity index (χ0v) is 14.0. The smallest absolute Gasteiger partial charge is 0.217 e. The molecule has 2 fully saturated rings. The van der Waals surface area contributed by atoms with Crippen molar-refractivity contribution in [1.29, 1.82) is 0 Å². The fraction of sp³-hybridized carbons (Fsp3) is 0.929. The van der Waals surface area contributed by atoms with E-state index >= 15 is 0 Å². The molecule has 10 atom stereocenters. The highest BCUT2D eigenvalue weighted by Crippen LogP contribution is 2.28. The van der Waals surface area contributed by atoms with Gasteiger partial charge >= 0.3 is 0 Å². The number of amides is 1. The molecule has 0 aliphatic carbocycles. The minimum atomic E-state index is -1.74. The molecule has 12 heteroatoms. The van der Waals surface area contributed by atoms with Crippen LogP contribution in [0, 0.1) is 0 Å². The van der Waals surface area contributed by atoms with E-state index in [4.69, 9.17) is 14.2 Å². The molecule has 2 aliphatic rings. The van der Waals surface area contributed by atoms with Crippen LogP contribution in [0.4, 0.5) is 0 Å². The van der Waals surface area contributed by atoms with E-state index in [2.05, 4.69) is 5.32 Å². The lowest BCUT2D eigenvalue weighted by molar-refractivity contribution is -0.341. The Balaban J connectivity index is 2.21. The van der Waals surface area contributed by atoms with Crippen LogP contribution < -0.4 is 5.32 Å². The fourth-order valence-corrected chi connectivity index (χ4v) is 2.97. The van der Waals surface area contributed by atoms with E-state index in [9.17, 15) is 40.5 Å². The van der Waals surface area contributed by atoms with Gasteiger partial charge < -0.3 is 55.3 Å². The van der Waals surface area contributed by atoms with Crippen LogP contribution in [0.3, 0.4) is 0 Å². The summed E-state index contributed by atoms with van der Waals surface area (Å²) in [6.45, 7) is -0.195. The summed E-state index contributed by atoms with van der Waals surface area (Å²) < 4.78 is 15.7. The van der Waals surface area contributed by atoms with E-state index in [0.29, 0.717) is 0 Å². The third kappa shape index (κ3) is 4.31. The monoisotopic (exact) mass is 383 g/mol. The van der Waals surface area contributed by atoms with Gasteiger partial charge in [0.15, 0.2) is 12.6 Å². The molecule has 2 saturated heterocycles. The summed E-state index contributed by atoms with van der Waals surface area (Å²) in [6.07, 6.45) is -13.7. The van der Waals surface area contributed by atoms with Crippen LogP contribution in [0.15, 0.2) is 0 Å². The lowest BCUT2D eigenvalue weighted by Crippen LogP contribution is -2.67. The van der Waals surface area contributed by atoms with E-state index < -0.39 is 80.5 Å². The van der Waals surface area contributed by atoms with E-state index in [1.165, 1.54) is 0 Å². The number of aliphatic hydroxyl groups is 7. The maximum atomic E-state index is 11.4. The first kappa shape index (κ1) is 21.4. The van der Waals surface area contributed by atoms with Gasteiger partial charge in [-0.25, -0.2) is 0 Å². The van der Waals surface area contributed by atoms with Crippen LogP contribution in [0.2, 0.25) is 0 Å². The molecule has 2 unspecified atom stereocenters.